The lowest BCUT2D eigenvalue weighted by molar-refractivity contribution is -0.124. The Hall–Kier alpha value is -1.95. The van der Waals surface area contributed by atoms with Gasteiger partial charge < -0.3 is 4.90 Å². The number of halogens is 1. The Morgan fingerprint density at radius 3 is 2.94 bits per heavy atom. The number of aryl methyl sites for hydroxylation is 1. The fourth-order valence-corrected chi connectivity index (χ4v) is 1.87. The Morgan fingerprint density at radius 1 is 1.47 bits per heavy atom. The van der Waals surface area contributed by atoms with Crippen LogP contribution < -0.4 is 16.2 Å². The van der Waals surface area contributed by atoms with Crippen molar-refractivity contribution in [1.29, 1.82) is 0 Å². The molecular formula is C11H12FN3O2. The second-order valence-electron chi connectivity index (χ2n) is 3.82. The number of hydrazine groups is 1. The van der Waals surface area contributed by atoms with E-state index in [0.717, 1.165) is 5.56 Å². The maximum absolute atomic E-state index is 13.2. The van der Waals surface area contributed by atoms with E-state index in [0.29, 0.717) is 18.5 Å². The number of hydrogen-bond donors (Lipinski definition) is 2. The van der Waals surface area contributed by atoms with Crippen LogP contribution in [0.4, 0.5) is 10.1 Å². The van der Waals surface area contributed by atoms with Gasteiger partial charge in [-0.1, -0.05) is 6.07 Å². The third-order valence-corrected chi connectivity index (χ3v) is 2.71. The Morgan fingerprint density at radius 2 is 2.24 bits per heavy atom. The third-order valence-electron chi connectivity index (χ3n) is 2.71. The predicted molar refractivity (Wildman–Crippen MR) is 59.4 cm³/mol. The van der Waals surface area contributed by atoms with Gasteiger partial charge in [-0.15, -0.1) is 0 Å². The van der Waals surface area contributed by atoms with Crippen molar-refractivity contribution >= 4 is 17.5 Å². The van der Waals surface area contributed by atoms with Crippen molar-refractivity contribution in [1.82, 2.24) is 5.43 Å². The minimum atomic E-state index is -0.490. The van der Waals surface area contributed by atoms with Crippen LogP contribution in [0.1, 0.15) is 12.0 Å². The van der Waals surface area contributed by atoms with Crippen LogP contribution in [0.5, 0.6) is 0 Å². The highest BCUT2D eigenvalue weighted by molar-refractivity contribution is 6.00. The smallest absolute Gasteiger partial charge is 0.253 e. The Labute approximate surface area is 97.4 Å². The summed E-state index contributed by atoms with van der Waals surface area (Å²) in [6.45, 7) is -0.189. The summed E-state index contributed by atoms with van der Waals surface area (Å²) in [5.74, 6) is 3.85. The van der Waals surface area contributed by atoms with Crippen LogP contribution in [0.15, 0.2) is 18.2 Å². The van der Waals surface area contributed by atoms with E-state index in [-0.39, 0.29) is 12.5 Å². The van der Waals surface area contributed by atoms with Crippen LogP contribution >= 0.6 is 0 Å². The van der Waals surface area contributed by atoms with Crippen LogP contribution in [0.25, 0.3) is 0 Å². The van der Waals surface area contributed by atoms with E-state index in [1.807, 2.05) is 5.43 Å². The van der Waals surface area contributed by atoms with E-state index in [9.17, 15) is 14.0 Å². The monoisotopic (exact) mass is 237 g/mol. The lowest BCUT2D eigenvalue weighted by Crippen LogP contribution is -2.45. The van der Waals surface area contributed by atoms with Gasteiger partial charge in [0.2, 0.25) is 5.91 Å². The van der Waals surface area contributed by atoms with E-state index in [1.165, 1.54) is 17.0 Å². The molecule has 1 aliphatic heterocycles. The first-order valence-electron chi connectivity index (χ1n) is 5.20. The molecule has 1 aromatic rings. The van der Waals surface area contributed by atoms with Gasteiger partial charge in [0.25, 0.3) is 5.91 Å². The molecule has 2 amide bonds. The predicted octanol–water partition coefficient (Wildman–Crippen LogP) is 0.0948. The SMILES string of the molecule is NNC(=O)CN1C(=O)CCc2ccc(F)cc21. The molecule has 3 N–H and O–H groups in total. The van der Waals surface area contributed by atoms with Gasteiger partial charge in [0, 0.05) is 6.42 Å². The van der Waals surface area contributed by atoms with E-state index in [1.54, 1.807) is 6.07 Å². The number of carbonyl (C=O) groups is 2. The van der Waals surface area contributed by atoms with Crippen LogP contribution in [-0.4, -0.2) is 18.4 Å². The van der Waals surface area contributed by atoms with E-state index < -0.39 is 11.7 Å². The zero-order chi connectivity index (χ0) is 12.4. The Balaban J connectivity index is 2.35. The first-order valence-corrected chi connectivity index (χ1v) is 5.20. The van der Waals surface area contributed by atoms with Crippen LogP contribution in [0, 0.1) is 5.82 Å². The van der Waals surface area contributed by atoms with E-state index in [2.05, 4.69) is 0 Å². The average molecular weight is 237 g/mol. The first kappa shape index (κ1) is 11.5. The van der Waals surface area contributed by atoms with Gasteiger partial charge in [-0.3, -0.25) is 15.0 Å². The molecule has 90 valence electrons. The molecule has 0 unspecified atom stereocenters. The fourth-order valence-electron chi connectivity index (χ4n) is 1.87. The molecule has 0 saturated carbocycles. The number of carbonyl (C=O) groups excluding carboxylic acids is 2. The number of benzene rings is 1. The molecule has 0 saturated heterocycles. The molecule has 5 nitrogen and oxygen atoms in total. The van der Waals surface area contributed by atoms with Gasteiger partial charge in [-0.05, 0) is 24.1 Å². The molecule has 0 radical (unpaired) electrons. The zero-order valence-corrected chi connectivity index (χ0v) is 9.07. The highest BCUT2D eigenvalue weighted by Crippen LogP contribution is 2.28. The molecule has 0 fully saturated rings. The third kappa shape index (κ3) is 2.26. The quantitative estimate of drug-likeness (QED) is 0.435. The van der Waals surface area contributed by atoms with Gasteiger partial charge in [0.1, 0.15) is 12.4 Å². The van der Waals surface area contributed by atoms with Crippen LogP contribution in [0.2, 0.25) is 0 Å². The number of nitrogens with one attached hydrogen (secondary N) is 1. The molecule has 0 aromatic heterocycles. The first-order chi connectivity index (χ1) is 8.11. The van der Waals surface area contributed by atoms with Gasteiger partial charge in [0.05, 0.1) is 5.69 Å². The highest BCUT2D eigenvalue weighted by atomic mass is 19.1. The number of amides is 2. The zero-order valence-electron chi connectivity index (χ0n) is 9.07. The van der Waals surface area contributed by atoms with Crippen molar-refractivity contribution in [3.8, 4) is 0 Å². The number of nitrogens with two attached hydrogens (primary N) is 1. The molecule has 1 aromatic carbocycles. The standard InChI is InChI=1S/C11H12FN3O2/c12-8-3-1-7-2-4-11(17)15(9(7)5-8)6-10(16)14-13/h1,3,5H,2,4,6,13H2,(H,14,16). The van der Waals surface area contributed by atoms with Gasteiger partial charge >= 0.3 is 0 Å². The van der Waals surface area contributed by atoms with Crippen molar-refractivity contribution in [2.75, 3.05) is 11.4 Å². The minimum Gasteiger partial charge on any atom is -0.303 e. The number of nitrogens with zero attached hydrogens (tertiary/aromatic N) is 1. The molecular weight excluding hydrogens is 225 g/mol. The Bertz CT molecular complexity index is 476. The maximum Gasteiger partial charge on any atom is 0.253 e. The normalized spacial score (nSPS) is 14.5. The Kier molecular flexibility index (Phi) is 3.06. The molecule has 6 heteroatoms. The summed E-state index contributed by atoms with van der Waals surface area (Å²) in [6, 6.07) is 4.23. The number of hydrogen-bond acceptors (Lipinski definition) is 3. The van der Waals surface area contributed by atoms with Crippen molar-refractivity contribution < 1.29 is 14.0 Å². The summed E-state index contributed by atoms with van der Waals surface area (Å²) in [4.78, 5) is 24.2. The second kappa shape index (κ2) is 4.50. The molecule has 2 rings (SSSR count). The minimum absolute atomic E-state index is 0.189. The van der Waals surface area contributed by atoms with Crippen molar-refractivity contribution in [3.05, 3.63) is 29.6 Å². The maximum atomic E-state index is 13.2. The molecule has 0 atom stereocenters. The molecule has 0 bridgehead atoms. The number of rotatable bonds is 2. The highest BCUT2D eigenvalue weighted by Gasteiger charge is 2.25. The van der Waals surface area contributed by atoms with Crippen molar-refractivity contribution in [2.24, 2.45) is 5.84 Å². The lowest BCUT2D eigenvalue weighted by atomic mass is 10.0. The second-order valence-corrected chi connectivity index (χ2v) is 3.82. The summed E-state index contributed by atoms with van der Waals surface area (Å²) < 4.78 is 13.2. The molecule has 1 aliphatic rings. The molecule has 0 spiro atoms. The van der Waals surface area contributed by atoms with Gasteiger partial charge in [-0.25, -0.2) is 10.2 Å². The fraction of sp³-hybridized carbons (Fsp3) is 0.273. The van der Waals surface area contributed by atoms with E-state index in [4.69, 9.17) is 5.84 Å². The summed E-state index contributed by atoms with van der Waals surface area (Å²) >= 11 is 0. The van der Waals surface area contributed by atoms with Gasteiger partial charge in [0.15, 0.2) is 0 Å². The van der Waals surface area contributed by atoms with Crippen molar-refractivity contribution in [3.63, 3.8) is 0 Å². The molecule has 1 heterocycles. The molecule has 0 aliphatic carbocycles. The topological polar surface area (TPSA) is 75.4 Å². The van der Waals surface area contributed by atoms with Crippen molar-refractivity contribution in [2.45, 2.75) is 12.8 Å². The summed E-state index contributed by atoms with van der Waals surface area (Å²) in [5, 5.41) is 0. The van der Waals surface area contributed by atoms with Crippen LogP contribution in [-0.2, 0) is 16.0 Å². The molecule has 17 heavy (non-hydrogen) atoms. The van der Waals surface area contributed by atoms with Gasteiger partial charge in [-0.2, -0.15) is 0 Å². The van der Waals surface area contributed by atoms with E-state index >= 15 is 0 Å². The largest absolute Gasteiger partial charge is 0.303 e. The number of fused-ring (bicyclic) bond motifs is 1. The summed E-state index contributed by atoms with van der Waals surface area (Å²) in [6.07, 6.45) is 0.881. The summed E-state index contributed by atoms with van der Waals surface area (Å²) in [5.41, 5.74) is 3.26. The summed E-state index contributed by atoms with van der Waals surface area (Å²) in [7, 11) is 0. The lowest BCUT2D eigenvalue weighted by Gasteiger charge is -2.28. The average Bonchev–Trinajstić information content (AvgIpc) is 2.32. The number of anilines is 1. The van der Waals surface area contributed by atoms with Crippen LogP contribution in [0.3, 0.4) is 0 Å².